The smallest absolute Gasteiger partial charge is 0.353 e. The molecule has 7 aliphatic heterocycles. The third-order valence-electron chi connectivity index (χ3n) is 10.4. The number of rotatable bonds is 0. The maximum absolute atomic E-state index is 6.86. The van der Waals surface area contributed by atoms with Gasteiger partial charge in [-0.05, 0) is 59.7 Å². The molecule has 4 aromatic heterocycles. The van der Waals surface area contributed by atoms with Crippen molar-refractivity contribution in [3.05, 3.63) is 85.5 Å². The van der Waals surface area contributed by atoms with Crippen LogP contribution in [0.3, 0.4) is 0 Å². The first-order valence-corrected chi connectivity index (χ1v) is 14.2. The van der Waals surface area contributed by atoms with Gasteiger partial charge in [-0.15, -0.1) is 0 Å². The topological polar surface area (TPSA) is 61.2 Å². The molecule has 42 heavy (non-hydrogen) atoms. The van der Waals surface area contributed by atoms with Crippen LogP contribution < -0.4 is 61.3 Å². The molecule has 188 valence electrons. The number of ether oxygens (including phenoxy) is 3. The van der Waals surface area contributed by atoms with Gasteiger partial charge in [0.2, 0.25) is 46.8 Å². The summed E-state index contributed by atoms with van der Waals surface area (Å²) in [6.45, 7) is -0.0160. The van der Waals surface area contributed by atoms with E-state index >= 15 is 0 Å². The van der Waals surface area contributed by atoms with Gasteiger partial charge in [-0.2, -0.15) is 0 Å². The van der Waals surface area contributed by atoms with E-state index in [0.717, 1.165) is 56.2 Å². The second-order valence-electron chi connectivity index (χ2n) is 11.9. The average molecular weight is 538 g/mol. The highest BCUT2D eigenvalue weighted by atomic mass is 16.5. The fraction of sp³-hybridized carbons (Fsp3) is 0. The van der Waals surface area contributed by atoms with Crippen molar-refractivity contribution >= 4 is 57.8 Å². The van der Waals surface area contributed by atoms with Crippen LogP contribution in [0.2, 0.25) is 0 Å². The van der Waals surface area contributed by atoms with Crippen molar-refractivity contribution in [2.75, 3.05) is 0 Å². The van der Waals surface area contributed by atoms with E-state index in [4.69, 9.17) is 14.2 Å². The monoisotopic (exact) mass is 538 g/mol. The molecule has 0 fully saturated rings. The Morgan fingerprint density at radius 3 is 1.55 bits per heavy atom. The van der Waals surface area contributed by atoms with Crippen molar-refractivity contribution in [1.82, 2.24) is 14.7 Å². The van der Waals surface area contributed by atoms with E-state index in [1.807, 2.05) is 24.5 Å². The number of hydrogen-bond donors (Lipinski definition) is 0. The van der Waals surface area contributed by atoms with Crippen LogP contribution in [0.4, 0.5) is 11.4 Å². The van der Waals surface area contributed by atoms with Crippen LogP contribution in [0, 0.1) is 0 Å². The predicted molar refractivity (Wildman–Crippen MR) is 154 cm³/mol. The van der Waals surface area contributed by atoms with E-state index < -0.39 is 0 Å². The summed E-state index contributed by atoms with van der Waals surface area (Å²) in [5, 5.41) is 0. The van der Waals surface area contributed by atoms with E-state index in [-0.39, 0.29) is 18.1 Å². The Kier molecular flexibility index (Phi) is 2.70. The van der Waals surface area contributed by atoms with Crippen LogP contribution in [-0.4, -0.2) is 23.4 Å². The molecule has 10 heteroatoms. The predicted octanol–water partition coefficient (Wildman–Crippen LogP) is 0.554. The molecule has 13 rings (SSSR count). The van der Waals surface area contributed by atoms with E-state index in [2.05, 4.69) is 80.2 Å². The van der Waals surface area contributed by atoms with Crippen LogP contribution in [0.15, 0.2) is 85.5 Å². The molecule has 0 aliphatic carbocycles. The third-order valence-corrected chi connectivity index (χ3v) is 10.4. The van der Waals surface area contributed by atoms with Crippen molar-refractivity contribution < 1.29 is 23.6 Å². The number of nitrogens with zero attached hydrogens (tertiary/aromatic N) is 5. The zero-order valence-electron chi connectivity index (χ0n) is 21.7. The molecule has 0 saturated heterocycles. The van der Waals surface area contributed by atoms with Crippen LogP contribution in [0.25, 0.3) is 22.3 Å². The molecular weight excluding hydrogens is 524 g/mol. The summed E-state index contributed by atoms with van der Waals surface area (Å²) < 4.78 is 25.3. The first-order chi connectivity index (χ1) is 20.8. The van der Waals surface area contributed by atoms with Gasteiger partial charge in [-0.3, -0.25) is 0 Å². The lowest BCUT2D eigenvalue weighted by Gasteiger charge is -2.40. The molecule has 0 unspecified atom stereocenters. The minimum Gasteiger partial charge on any atom is -0.444 e. The summed E-state index contributed by atoms with van der Waals surface area (Å²) >= 11 is 0. The molecule has 0 amide bonds. The molecule has 1 spiro atoms. The SMILES string of the molecule is c1cc2c3[n+](c1)[N+]14c5c(ccc6c5B3c3c-2ccnc3O6)Oc2ccc3c(c21)B1c2c(ccnc2O3)-c2ccc[n+]4c21. The summed E-state index contributed by atoms with van der Waals surface area (Å²) in [5.74, 6) is 4.68. The van der Waals surface area contributed by atoms with Crippen molar-refractivity contribution in [1.29, 1.82) is 0 Å². The van der Waals surface area contributed by atoms with Crippen LogP contribution in [0.5, 0.6) is 34.8 Å². The lowest BCUT2D eigenvalue weighted by atomic mass is 9.37. The van der Waals surface area contributed by atoms with Crippen LogP contribution in [0.1, 0.15) is 0 Å². The number of aromatic nitrogens is 4. The van der Waals surface area contributed by atoms with Gasteiger partial charge in [0, 0.05) is 55.9 Å². The summed E-state index contributed by atoms with van der Waals surface area (Å²) in [6, 6.07) is 21.3. The van der Waals surface area contributed by atoms with Crippen molar-refractivity contribution in [3.8, 4) is 57.0 Å². The second kappa shape index (κ2) is 5.79. The number of benzene rings is 2. The van der Waals surface area contributed by atoms with Crippen molar-refractivity contribution in [3.63, 3.8) is 0 Å². The number of pyridine rings is 4. The van der Waals surface area contributed by atoms with Crippen molar-refractivity contribution in [2.45, 2.75) is 0 Å². The standard InChI is InChI=1S/C32H14B2N5O3/c1-3-17-15-9-11-35-31-23(15)33-25-19(41-31)5-7-21-27(25)39(37(13-1)29(17)33)28-22(40-21)8-6-20-26(28)34-24-16(10-12-36-32(24)42-20)18-4-2-14-38(39)30(18)34/h1-14H/q+3. The molecule has 0 atom stereocenters. The van der Waals surface area contributed by atoms with E-state index in [9.17, 15) is 0 Å². The molecule has 0 radical (unpaired) electrons. The van der Waals surface area contributed by atoms with Gasteiger partial charge in [0.05, 0.1) is 10.9 Å². The van der Waals surface area contributed by atoms with Gasteiger partial charge >= 0.3 is 24.8 Å². The van der Waals surface area contributed by atoms with Gasteiger partial charge < -0.3 is 14.2 Å². The summed E-state index contributed by atoms with van der Waals surface area (Å²) in [7, 11) is 0. The maximum atomic E-state index is 6.86. The number of hydrogen-bond acceptors (Lipinski definition) is 5. The summed E-state index contributed by atoms with van der Waals surface area (Å²) in [6.07, 6.45) is 8.17. The highest BCUT2D eigenvalue weighted by molar-refractivity contribution is 7.01. The normalized spacial score (nSPS) is 16.8. The second-order valence-corrected chi connectivity index (χ2v) is 11.9. The summed E-state index contributed by atoms with van der Waals surface area (Å²) in [5.41, 5.74) is 13.9. The Morgan fingerprint density at radius 1 is 0.524 bits per heavy atom. The minimum absolute atomic E-state index is 0.00799. The Hall–Kier alpha value is -5.47. The molecule has 7 aliphatic rings. The van der Waals surface area contributed by atoms with E-state index in [0.29, 0.717) is 11.8 Å². The molecule has 6 aromatic rings. The number of quaternary nitrogens is 1. The van der Waals surface area contributed by atoms with Gasteiger partial charge in [-0.1, -0.05) is 0 Å². The van der Waals surface area contributed by atoms with E-state index in [1.54, 1.807) is 0 Å². The zero-order chi connectivity index (χ0) is 26.6. The Labute approximate surface area is 238 Å². The number of fused-ring (bicyclic) bond motifs is 2. The first-order valence-electron chi connectivity index (χ1n) is 14.2. The maximum Gasteiger partial charge on any atom is 0.353 e. The summed E-state index contributed by atoms with van der Waals surface area (Å²) in [4.78, 5) is 9.37. The largest absolute Gasteiger partial charge is 0.444 e. The lowest BCUT2D eigenvalue weighted by molar-refractivity contribution is -1.03. The van der Waals surface area contributed by atoms with Gasteiger partial charge in [0.15, 0.2) is 4.70 Å². The Balaban J connectivity index is 1.32. The first kappa shape index (κ1) is 19.6. The van der Waals surface area contributed by atoms with Gasteiger partial charge in [0.1, 0.15) is 11.5 Å². The quantitative estimate of drug-likeness (QED) is 0.161. The highest BCUT2D eigenvalue weighted by Gasteiger charge is 2.76. The molecule has 2 aromatic carbocycles. The molecule has 0 bridgehead atoms. The Bertz CT molecular complexity index is 2280. The fourth-order valence-corrected chi connectivity index (χ4v) is 9.15. The van der Waals surface area contributed by atoms with Gasteiger partial charge in [0.25, 0.3) is 0 Å². The fourth-order valence-electron chi connectivity index (χ4n) is 9.15. The van der Waals surface area contributed by atoms with Gasteiger partial charge in [-0.25, -0.2) is 9.97 Å². The molecule has 8 nitrogen and oxygen atoms in total. The molecular formula is C32H14B2N5O3+3. The lowest BCUT2D eigenvalue weighted by Crippen LogP contribution is -2.98. The zero-order valence-corrected chi connectivity index (χ0v) is 21.7. The Morgan fingerprint density at radius 2 is 1.02 bits per heavy atom. The highest BCUT2D eigenvalue weighted by Crippen LogP contribution is 2.54. The molecule has 11 heterocycles. The van der Waals surface area contributed by atoms with Crippen molar-refractivity contribution in [2.24, 2.45) is 0 Å². The third kappa shape index (κ3) is 1.67. The molecule has 0 N–H and O–H groups in total. The minimum atomic E-state index is -0.00799. The van der Waals surface area contributed by atoms with Crippen LogP contribution >= 0.6 is 0 Å². The van der Waals surface area contributed by atoms with Crippen LogP contribution in [-0.2, 0) is 0 Å². The van der Waals surface area contributed by atoms with E-state index in [1.165, 1.54) is 33.4 Å². The molecule has 0 saturated carbocycles. The average Bonchev–Trinajstić information content (AvgIpc) is 3.56.